The molecule has 9 nitrogen and oxygen atoms in total. The van der Waals surface area contributed by atoms with Gasteiger partial charge >= 0.3 is 0 Å². The molecule has 2 unspecified atom stereocenters. The highest BCUT2D eigenvalue weighted by atomic mass is 16.7. The Bertz CT molecular complexity index is 853. The van der Waals surface area contributed by atoms with Crippen LogP contribution in [0.5, 0.6) is 0 Å². The van der Waals surface area contributed by atoms with E-state index in [1.54, 1.807) is 6.08 Å². The topological polar surface area (TPSA) is 149 Å². The predicted octanol–water partition coefficient (Wildman–Crippen LogP) is 7.94. The molecule has 1 rings (SSSR count). The van der Waals surface area contributed by atoms with E-state index in [9.17, 15) is 30.3 Å². The minimum Gasteiger partial charge on any atom is -0.394 e. The zero-order valence-corrected chi connectivity index (χ0v) is 32.6. The quantitative estimate of drug-likeness (QED) is 0.0289. The molecular weight excluding hydrogens is 646 g/mol. The van der Waals surface area contributed by atoms with Crippen molar-refractivity contribution in [2.45, 2.75) is 224 Å². The maximum Gasteiger partial charge on any atom is 0.220 e. The molecule has 51 heavy (non-hydrogen) atoms. The second kappa shape index (κ2) is 33.3. The number of ether oxygens (including phenoxy) is 2. The lowest BCUT2D eigenvalue weighted by molar-refractivity contribution is -0.302. The molecule has 1 heterocycles. The van der Waals surface area contributed by atoms with E-state index in [-0.39, 0.29) is 12.5 Å². The molecule has 0 aliphatic carbocycles. The van der Waals surface area contributed by atoms with E-state index >= 15 is 0 Å². The molecular formula is C42H79NO8. The number of amides is 1. The number of rotatable bonds is 34. The van der Waals surface area contributed by atoms with E-state index in [0.717, 1.165) is 57.8 Å². The molecule has 1 fully saturated rings. The highest BCUT2D eigenvalue weighted by Crippen LogP contribution is 2.22. The maximum atomic E-state index is 12.9. The molecule has 1 aliphatic heterocycles. The summed E-state index contributed by atoms with van der Waals surface area (Å²) < 4.78 is 11.2. The number of carbonyl (C=O) groups is 1. The van der Waals surface area contributed by atoms with E-state index < -0.39 is 49.5 Å². The number of aliphatic hydroxyl groups is 5. The van der Waals surface area contributed by atoms with Crippen molar-refractivity contribution >= 4 is 5.91 Å². The maximum absolute atomic E-state index is 12.9. The molecule has 0 bridgehead atoms. The number of nitrogens with one attached hydrogen (secondary N) is 1. The van der Waals surface area contributed by atoms with Crippen LogP contribution in [0.15, 0.2) is 24.3 Å². The molecule has 0 aromatic heterocycles. The average molecular weight is 726 g/mol. The van der Waals surface area contributed by atoms with Crippen molar-refractivity contribution in [1.29, 1.82) is 0 Å². The smallest absolute Gasteiger partial charge is 0.220 e. The Hall–Kier alpha value is -1.33. The van der Waals surface area contributed by atoms with Gasteiger partial charge < -0.3 is 40.3 Å². The third-order valence-corrected chi connectivity index (χ3v) is 10.0. The van der Waals surface area contributed by atoms with Gasteiger partial charge in [0.1, 0.15) is 24.4 Å². The average Bonchev–Trinajstić information content (AvgIpc) is 3.13. The first-order chi connectivity index (χ1) is 24.8. The van der Waals surface area contributed by atoms with E-state index in [1.165, 1.54) is 103 Å². The molecule has 0 radical (unpaired) electrons. The van der Waals surface area contributed by atoms with E-state index in [0.29, 0.717) is 6.42 Å². The van der Waals surface area contributed by atoms with Gasteiger partial charge in [-0.05, 0) is 44.9 Å². The minimum atomic E-state index is -1.56. The molecule has 300 valence electrons. The molecule has 6 N–H and O–H groups in total. The Balaban J connectivity index is 2.42. The van der Waals surface area contributed by atoms with Gasteiger partial charge in [0.25, 0.3) is 0 Å². The third kappa shape index (κ3) is 24.6. The van der Waals surface area contributed by atoms with Crippen LogP contribution < -0.4 is 5.32 Å². The normalized spacial score (nSPS) is 22.2. The predicted molar refractivity (Wildman–Crippen MR) is 207 cm³/mol. The summed E-state index contributed by atoms with van der Waals surface area (Å²) in [6.45, 7) is 3.74. The lowest BCUT2D eigenvalue weighted by Gasteiger charge is -2.40. The summed E-state index contributed by atoms with van der Waals surface area (Å²) in [5.74, 6) is -0.187. The summed E-state index contributed by atoms with van der Waals surface area (Å²) in [6, 6.07) is -0.804. The number of aliphatic hydroxyl groups excluding tert-OH is 5. The standard InChI is InChI=1S/C42H79NO8/c1-3-5-7-9-11-13-15-17-18-20-22-24-26-28-30-32-38(46)43-35(34-50-42-41(49)40(48)39(47)37(33-44)51-42)36(45)31-29-27-25-23-21-19-16-14-12-10-8-6-4-2/h17-18,29,31,35-37,39-42,44-45,47-49H,3-16,19-28,30,32-34H2,1-2H3,(H,43,46)/b18-17-,31-29+/t35-,36+,37?,39+,40?,41-,42+/m0/s1. The van der Waals surface area contributed by atoms with Gasteiger partial charge in [-0.2, -0.15) is 0 Å². The van der Waals surface area contributed by atoms with Crippen molar-refractivity contribution in [2.75, 3.05) is 13.2 Å². The zero-order chi connectivity index (χ0) is 37.4. The van der Waals surface area contributed by atoms with Crippen LogP contribution in [0, 0.1) is 0 Å². The highest BCUT2D eigenvalue weighted by Gasteiger charge is 2.44. The Morgan fingerprint density at radius 1 is 0.647 bits per heavy atom. The van der Waals surface area contributed by atoms with Crippen LogP contribution in [0.25, 0.3) is 0 Å². The van der Waals surface area contributed by atoms with Crippen molar-refractivity contribution in [3.05, 3.63) is 24.3 Å². The van der Waals surface area contributed by atoms with Crippen molar-refractivity contribution in [2.24, 2.45) is 0 Å². The highest BCUT2D eigenvalue weighted by molar-refractivity contribution is 5.76. The Morgan fingerprint density at radius 2 is 1.10 bits per heavy atom. The lowest BCUT2D eigenvalue weighted by atomic mass is 9.99. The zero-order valence-electron chi connectivity index (χ0n) is 32.6. The van der Waals surface area contributed by atoms with Crippen LogP contribution in [-0.4, -0.2) is 87.5 Å². The molecule has 7 atom stereocenters. The fourth-order valence-electron chi connectivity index (χ4n) is 6.56. The summed E-state index contributed by atoms with van der Waals surface area (Å²) in [4.78, 5) is 12.9. The first-order valence-electron chi connectivity index (χ1n) is 21.1. The van der Waals surface area contributed by atoms with E-state index in [1.807, 2.05) is 6.08 Å². The Kier molecular flexibility index (Phi) is 31.1. The molecule has 1 saturated heterocycles. The fourth-order valence-corrected chi connectivity index (χ4v) is 6.56. The number of hydrogen-bond acceptors (Lipinski definition) is 8. The summed E-state index contributed by atoms with van der Waals surface area (Å²) in [7, 11) is 0. The Labute approximate surface area is 311 Å². The van der Waals surface area contributed by atoms with Crippen molar-refractivity contribution in [1.82, 2.24) is 5.32 Å². The van der Waals surface area contributed by atoms with Crippen LogP contribution in [0.1, 0.15) is 181 Å². The monoisotopic (exact) mass is 726 g/mol. The van der Waals surface area contributed by atoms with Gasteiger partial charge in [-0.1, -0.05) is 154 Å². The first-order valence-corrected chi connectivity index (χ1v) is 21.1. The second-order valence-electron chi connectivity index (χ2n) is 14.8. The number of carbonyl (C=O) groups excluding carboxylic acids is 1. The number of unbranched alkanes of at least 4 members (excludes halogenated alkanes) is 22. The Morgan fingerprint density at radius 3 is 1.59 bits per heavy atom. The molecule has 0 aromatic rings. The molecule has 1 aliphatic rings. The number of hydrogen-bond donors (Lipinski definition) is 6. The molecule has 0 spiro atoms. The molecule has 1 amide bonds. The van der Waals surface area contributed by atoms with Crippen LogP contribution in [-0.2, 0) is 14.3 Å². The molecule has 9 heteroatoms. The van der Waals surface area contributed by atoms with Gasteiger partial charge in [-0.15, -0.1) is 0 Å². The van der Waals surface area contributed by atoms with Gasteiger partial charge in [-0.25, -0.2) is 0 Å². The van der Waals surface area contributed by atoms with E-state index in [2.05, 4.69) is 31.3 Å². The van der Waals surface area contributed by atoms with Gasteiger partial charge in [0.05, 0.1) is 25.4 Å². The van der Waals surface area contributed by atoms with Crippen LogP contribution in [0.3, 0.4) is 0 Å². The fraction of sp³-hybridized carbons (Fsp3) is 0.881. The SMILES string of the molecule is CCCCCCCC/C=C\CCCCCCCC(=O)N[C@@H](CO[C@@H]1OC(CO)[C@@H](O)C(O)[C@@H]1O)[C@H](O)/C=C/CCCCCCCCCCCCC. The van der Waals surface area contributed by atoms with Crippen LogP contribution in [0.4, 0.5) is 0 Å². The van der Waals surface area contributed by atoms with Gasteiger partial charge in [0.15, 0.2) is 6.29 Å². The minimum absolute atomic E-state index is 0.187. The van der Waals surface area contributed by atoms with Crippen molar-refractivity contribution in [3.63, 3.8) is 0 Å². The summed E-state index contributed by atoms with van der Waals surface area (Å²) >= 11 is 0. The van der Waals surface area contributed by atoms with Crippen LogP contribution >= 0.6 is 0 Å². The lowest BCUT2D eigenvalue weighted by Crippen LogP contribution is -2.60. The van der Waals surface area contributed by atoms with Gasteiger partial charge in [-0.3, -0.25) is 4.79 Å². The summed E-state index contributed by atoms with van der Waals surface area (Å²) in [5, 5.41) is 54.0. The molecule has 0 saturated carbocycles. The van der Waals surface area contributed by atoms with E-state index in [4.69, 9.17) is 9.47 Å². The van der Waals surface area contributed by atoms with Crippen molar-refractivity contribution in [3.8, 4) is 0 Å². The number of allylic oxidation sites excluding steroid dienone is 3. The third-order valence-electron chi connectivity index (χ3n) is 10.0. The van der Waals surface area contributed by atoms with Gasteiger partial charge in [0, 0.05) is 6.42 Å². The largest absolute Gasteiger partial charge is 0.394 e. The summed E-state index contributed by atoms with van der Waals surface area (Å²) in [5.41, 5.74) is 0. The van der Waals surface area contributed by atoms with Crippen molar-refractivity contribution < 1.29 is 39.8 Å². The van der Waals surface area contributed by atoms with Crippen LogP contribution in [0.2, 0.25) is 0 Å². The van der Waals surface area contributed by atoms with Gasteiger partial charge in [0.2, 0.25) is 5.91 Å². The first kappa shape index (κ1) is 47.7. The second-order valence-corrected chi connectivity index (χ2v) is 14.8. The summed E-state index contributed by atoms with van der Waals surface area (Å²) in [6.07, 6.45) is 30.7. The molecule has 0 aromatic carbocycles.